The van der Waals surface area contributed by atoms with Crippen LogP contribution in [-0.2, 0) is 16.9 Å². The lowest BCUT2D eigenvalue weighted by Gasteiger charge is -2.21. The molecule has 1 heterocycles. The second kappa shape index (κ2) is 8.26. The van der Waals surface area contributed by atoms with Crippen molar-refractivity contribution in [3.63, 3.8) is 0 Å². The quantitative estimate of drug-likeness (QED) is 0.732. The summed E-state index contributed by atoms with van der Waals surface area (Å²) in [6.45, 7) is 11.3. The van der Waals surface area contributed by atoms with Gasteiger partial charge in [-0.05, 0) is 45.2 Å². The Labute approximate surface area is 150 Å². The van der Waals surface area contributed by atoms with E-state index in [-0.39, 0.29) is 11.1 Å². The van der Waals surface area contributed by atoms with E-state index in [1.807, 2.05) is 39.8 Å². The number of hydrogen-bond donors (Lipinski definition) is 0. The highest BCUT2D eigenvalue weighted by Gasteiger charge is 2.17. The Kier molecular flexibility index (Phi) is 6.32. The molecule has 1 aromatic carbocycles. The Morgan fingerprint density at radius 1 is 1.16 bits per heavy atom. The second-order valence-corrected chi connectivity index (χ2v) is 7.24. The molecule has 4 heteroatoms. The summed E-state index contributed by atoms with van der Waals surface area (Å²) in [5.41, 5.74) is 3.44. The van der Waals surface area contributed by atoms with Crippen molar-refractivity contribution in [2.24, 2.45) is 0 Å². The molecule has 0 aliphatic rings. The van der Waals surface area contributed by atoms with Gasteiger partial charge >= 0.3 is 0 Å². The van der Waals surface area contributed by atoms with Crippen LogP contribution in [0.3, 0.4) is 0 Å². The zero-order valence-corrected chi connectivity index (χ0v) is 15.9. The fraction of sp³-hybridized carbons (Fsp3) is 0.429. The summed E-state index contributed by atoms with van der Waals surface area (Å²) >= 11 is 0. The van der Waals surface area contributed by atoms with E-state index in [1.54, 1.807) is 6.20 Å². The summed E-state index contributed by atoms with van der Waals surface area (Å²) < 4.78 is 7.07. The highest BCUT2D eigenvalue weighted by atomic mass is 16.5. The molecule has 0 spiro atoms. The monoisotopic (exact) mass is 340 g/mol. The molecule has 2 aromatic rings. The molecule has 25 heavy (non-hydrogen) atoms. The molecule has 4 nitrogen and oxygen atoms in total. The van der Waals surface area contributed by atoms with Gasteiger partial charge < -0.3 is 4.74 Å². The van der Waals surface area contributed by atoms with Crippen molar-refractivity contribution in [3.8, 4) is 0 Å². The van der Waals surface area contributed by atoms with Crippen LogP contribution in [0.4, 0.5) is 0 Å². The maximum Gasteiger partial charge on any atom is 0.270 e. The van der Waals surface area contributed by atoms with Crippen LogP contribution in [0.25, 0.3) is 12.2 Å². The van der Waals surface area contributed by atoms with Crippen molar-refractivity contribution in [2.75, 3.05) is 6.61 Å². The molecule has 0 saturated carbocycles. The molecule has 1 aromatic heterocycles. The van der Waals surface area contributed by atoms with Crippen molar-refractivity contribution in [1.82, 2.24) is 9.78 Å². The van der Waals surface area contributed by atoms with Crippen LogP contribution >= 0.6 is 0 Å². The zero-order valence-electron chi connectivity index (χ0n) is 15.9. The topological polar surface area (TPSA) is 44.1 Å². The van der Waals surface area contributed by atoms with Gasteiger partial charge in [-0.25, -0.2) is 4.68 Å². The first-order chi connectivity index (χ1) is 11.8. The summed E-state index contributed by atoms with van der Waals surface area (Å²) in [6, 6.07) is 8.25. The fourth-order valence-electron chi connectivity index (χ4n) is 2.44. The molecule has 0 fully saturated rings. The van der Waals surface area contributed by atoms with Gasteiger partial charge in [0, 0.05) is 17.7 Å². The summed E-state index contributed by atoms with van der Waals surface area (Å²) in [5.74, 6) is 0. The molecule has 0 amide bonds. The first kappa shape index (κ1) is 19.1. The van der Waals surface area contributed by atoms with Crippen LogP contribution in [0.15, 0.2) is 35.3 Å². The average molecular weight is 340 g/mol. The summed E-state index contributed by atoms with van der Waals surface area (Å²) in [4.78, 5) is 12.5. The number of hydrogen-bond acceptors (Lipinski definition) is 3. The standard InChI is InChI=1S/C21H28N2O2/c1-6-13-25-15-18-9-7-17(8-10-18)11-12-19-14-22-23(21(3,4)5)20(24)16(19)2/h7-12,14H,6,13,15H2,1-5H3/b12-11+. The van der Waals surface area contributed by atoms with Gasteiger partial charge in [0.15, 0.2) is 0 Å². The highest BCUT2D eigenvalue weighted by molar-refractivity contribution is 5.70. The number of nitrogens with zero attached hydrogens (tertiary/aromatic N) is 2. The first-order valence-electron chi connectivity index (χ1n) is 8.77. The van der Waals surface area contributed by atoms with E-state index in [0.717, 1.165) is 29.7 Å². The lowest BCUT2D eigenvalue weighted by molar-refractivity contribution is 0.121. The van der Waals surface area contributed by atoms with Gasteiger partial charge in [-0.2, -0.15) is 5.10 Å². The normalized spacial score (nSPS) is 12.0. The SMILES string of the molecule is CCCOCc1ccc(/C=C/c2cnn(C(C)(C)C)c(=O)c2C)cc1. The highest BCUT2D eigenvalue weighted by Crippen LogP contribution is 2.14. The maximum absolute atomic E-state index is 12.5. The maximum atomic E-state index is 12.5. The molecule has 0 bridgehead atoms. The van der Waals surface area contributed by atoms with E-state index < -0.39 is 0 Å². The minimum absolute atomic E-state index is 0.0435. The van der Waals surface area contributed by atoms with E-state index >= 15 is 0 Å². The van der Waals surface area contributed by atoms with Crippen molar-refractivity contribution in [1.29, 1.82) is 0 Å². The summed E-state index contributed by atoms with van der Waals surface area (Å²) in [5, 5.41) is 4.31. The smallest absolute Gasteiger partial charge is 0.270 e. The van der Waals surface area contributed by atoms with E-state index in [4.69, 9.17) is 4.74 Å². The molecular weight excluding hydrogens is 312 g/mol. The van der Waals surface area contributed by atoms with Crippen molar-refractivity contribution >= 4 is 12.2 Å². The predicted octanol–water partition coefficient (Wildman–Crippen LogP) is 4.40. The average Bonchev–Trinajstić information content (AvgIpc) is 2.56. The Hall–Kier alpha value is -2.20. The van der Waals surface area contributed by atoms with Gasteiger partial charge in [-0.3, -0.25) is 4.79 Å². The second-order valence-electron chi connectivity index (χ2n) is 7.24. The van der Waals surface area contributed by atoms with E-state index in [0.29, 0.717) is 12.2 Å². The minimum Gasteiger partial charge on any atom is -0.377 e. The molecule has 0 radical (unpaired) electrons. The Bertz CT molecular complexity index is 781. The number of ether oxygens (including phenoxy) is 1. The lowest BCUT2D eigenvalue weighted by atomic mass is 10.1. The minimum atomic E-state index is -0.320. The molecule has 0 atom stereocenters. The van der Waals surface area contributed by atoms with Gasteiger partial charge in [0.1, 0.15) is 0 Å². The Morgan fingerprint density at radius 3 is 2.44 bits per heavy atom. The number of aromatic nitrogens is 2. The zero-order chi connectivity index (χ0) is 18.4. The van der Waals surface area contributed by atoms with Crippen LogP contribution in [0.2, 0.25) is 0 Å². The third-order valence-electron chi connectivity index (χ3n) is 3.95. The lowest BCUT2D eigenvalue weighted by Crippen LogP contribution is -2.37. The van der Waals surface area contributed by atoms with Crippen LogP contribution < -0.4 is 5.56 Å². The van der Waals surface area contributed by atoms with Crippen molar-refractivity contribution in [2.45, 2.75) is 53.2 Å². The van der Waals surface area contributed by atoms with Gasteiger partial charge in [-0.1, -0.05) is 43.3 Å². The largest absolute Gasteiger partial charge is 0.377 e. The molecule has 0 aliphatic heterocycles. The molecule has 0 aliphatic carbocycles. The van der Waals surface area contributed by atoms with Crippen molar-refractivity contribution < 1.29 is 4.74 Å². The van der Waals surface area contributed by atoms with Crippen molar-refractivity contribution in [3.05, 3.63) is 63.1 Å². The Morgan fingerprint density at radius 2 is 1.84 bits per heavy atom. The molecule has 0 unspecified atom stereocenters. The summed E-state index contributed by atoms with van der Waals surface area (Å²) in [7, 11) is 0. The van der Waals surface area contributed by atoms with E-state index in [9.17, 15) is 4.79 Å². The van der Waals surface area contributed by atoms with Gasteiger partial charge in [-0.15, -0.1) is 0 Å². The van der Waals surface area contributed by atoms with Crippen LogP contribution in [0.5, 0.6) is 0 Å². The molecule has 0 N–H and O–H groups in total. The Balaban J connectivity index is 2.14. The third-order valence-corrected chi connectivity index (χ3v) is 3.95. The van der Waals surface area contributed by atoms with Gasteiger partial charge in [0.25, 0.3) is 5.56 Å². The van der Waals surface area contributed by atoms with Gasteiger partial charge in [0.2, 0.25) is 0 Å². The van der Waals surface area contributed by atoms with Crippen LogP contribution in [-0.4, -0.2) is 16.4 Å². The third kappa shape index (κ3) is 5.13. The molecular formula is C21H28N2O2. The van der Waals surface area contributed by atoms with E-state index in [2.05, 4.69) is 36.3 Å². The molecule has 2 rings (SSSR count). The molecule has 134 valence electrons. The van der Waals surface area contributed by atoms with Gasteiger partial charge in [0.05, 0.1) is 18.3 Å². The fourth-order valence-corrected chi connectivity index (χ4v) is 2.44. The first-order valence-corrected chi connectivity index (χ1v) is 8.77. The summed E-state index contributed by atoms with van der Waals surface area (Å²) in [6.07, 6.45) is 6.73. The van der Waals surface area contributed by atoms with E-state index in [1.165, 1.54) is 4.68 Å². The number of benzene rings is 1. The molecule has 0 saturated heterocycles. The predicted molar refractivity (Wildman–Crippen MR) is 104 cm³/mol. The number of rotatable bonds is 6. The van der Waals surface area contributed by atoms with Crippen LogP contribution in [0.1, 0.15) is 56.4 Å². The van der Waals surface area contributed by atoms with Crippen LogP contribution in [0, 0.1) is 6.92 Å².